The Kier molecular flexibility index (Phi) is 4.93. The summed E-state index contributed by atoms with van der Waals surface area (Å²) < 4.78 is 36.9. The van der Waals surface area contributed by atoms with Crippen molar-refractivity contribution in [3.63, 3.8) is 0 Å². The quantitative estimate of drug-likeness (QED) is 0.790. The number of amides is 2. The molecule has 0 spiro atoms. The first-order valence-corrected chi connectivity index (χ1v) is 6.74. The van der Waals surface area contributed by atoms with Crippen molar-refractivity contribution in [3.8, 4) is 0 Å². The van der Waals surface area contributed by atoms with Crippen LogP contribution in [0.5, 0.6) is 0 Å². The van der Waals surface area contributed by atoms with E-state index in [1.54, 1.807) is 0 Å². The molecule has 1 aromatic rings. The number of hydrogen-bond acceptors (Lipinski definition) is 5. The molecule has 1 aromatic heterocycles. The van der Waals surface area contributed by atoms with Crippen molar-refractivity contribution in [1.82, 2.24) is 30.8 Å². The topological polar surface area (TPSA) is 104 Å². The van der Waals surface area contributed by atoms with Crippen LogP contribution in [0.15, 0.2) is 0 Å². The summed E-state index contributed by atoms with van der Waals surface area (Å²) in [5.74, 6) is -2.00. The van der Waals surface area contributed by atoms with Gasteiger partial charge in [0.05, 0.1) is 0 Å². The second-order valence-corrected chi connectivity index (χ2v) is 4.93. The number of tetrazole rings is 1. The van der Waals surface area contributed by atoms with Crippen molar-refractivity contribution < 1.29 is 22.8 Å². The van der Waals surface area contributed by atoms with Crippen LogP contribution in [-0.2, 0) is 16.0 Å². The molecule has 8 nitrogen and oxygen atoms in total. The summed E-state index contributed by atoms with van der Waals surface area (Å²) in [6.07, 6.45) is -4.01. The first kappa shape index (κ1) is 16.2. The summed E-state index contributed by atoms with van der Waals surface area (Å²) in [5.41, 5.74) is 0. The van der Waals surface area contributed by atoms with E-state index < -0.39 is 12.1 Å². The van der Waals surface area contributed by atoms with E-state index in [0.29, 0.717) is 18.8 Å². The Morgan fingerprint density at radius 1 is 1.32 bits per heavy atom. The Bertz CT molecular complexity index is 510. The SMILES string of the molecule is O=C(NCCc1nn[nH]n1)C1CCN(C(=O)C(F)(F)F)CC1. The van der Waals surface area contributed by atoms with Crippen molar-refractivity contribution in [2.45, 2.75) is 25.4 Å². The highest BCUT2D eigenvalue weighted by atomic mass is 19.4. The predicted molar refractivity (Wildman–Crippen MR) is 66.3 cm³/mol. The highest BCUT2D eigenvalue weighted by Gasteiger charge is 2.43. The van der Waals surface area contributed by atoms with Gasteiger partial charge in [-0.3, -0.25) is 9.59 Å². The third kappa shape index (κ3) is 4.15. The number of piperidine rings is 1. The van der Waals surface area contributed by atoms with Crippen LogP contribution in [0.4, 0.5) is 13.2 Å². The van der Waals surface area contributed by atoms with E-state index in [1.807, 2.05) is 0 Å². The van der Waals surface area contributed by atoms with Crippen molar-refractivity contribution in [2.75, 3.05) is 19.6 Å². The van der Waals surface area contributed by atoms with Crippen LogP contribution in [0.25, 0.3) is 0 Å². The standard InChI is InChI=1S/C11H15F3N6O2/c12-11(13,14)10(22)20-5-2-7(3-6-20)9(21)15-4-1-8-16-18-19-17-8/h7H,1-6H2,(H,15,21)(H,16,17,18,19). The molecule has 1 aliphatic rings. The number of nitrogens with one attached hydrogen (secondary N) is 2. The third-order valence-electron chi connectivity index (χ3n) is 3.43. The molecule has 11 heteroatoms. The van der Waals surface area contributed by atoms with Gasteiger partial charge in [-0.2, -0.15) is 18.4 Å². The van der Waals surface area contributed by atoms with Crippen LogP contribution >= 0.6 is 0 Å². The molecule has 2 amide bonds. The maximum absolute atomic E-state index is 12.3. The smallest absolute Gasteiger partial charge is 0.355 e. The van der Waals surface area contributed by atoms with Crippen LogP contribution in [0, 0.1) is 5.92 Å². The van der Waals surface area contributed by atoms with Gasteiger partial charge in [-0.15, -0.1) is 10.2 Å². The summed E-state index contributed by atoms with van der Waals surface area (Å²) in [7, 11) is 0. The van der Waals surface area contributed by atoms with Gasteiger partial charge in [0, 0.05) is 32.0 Å². The van der Waals surface area contributed by atoms with Crippen LogP contribution in [0.1, 0.15) is 18.7 Å². The Balaban J connectivity index is 1.72. The number of H-pyrrole nitrogens is 1. The van der Waals surface area contributed by atoms with E-state index in [9.17, 15) is 22.8 Å². The first-order valence-electron chi connectivity index (χ1n) is 6.74. The van der Waals surface area contributed by atoms with Gasteiger partial charge in [-0.25, -0.2) is 0 Å². The monoisotopic (exact) mass is 320 g/mol. The Labute approximate surface area is 123 Å². The zero-order chi connectivity index (χ0) is 16.2. The average Bonchev–Trinajstić information content (AvgIpc) is 2.99. The summed E-state index contributed by atoms with van der Waals surface area (Å²) in [4.78, 5) is 23.7. The molecule has 0 radical (unpaired) electrons. The lowest BCUT2D eigenvalue weighted by atomic mass is 9.96. The summed E-state index contributed by atoms with van der Waals surface area (Å²) in [6, 6.07) is 0. The van der Waals surface area contributed by atoms with E-state index in [-0.39, 0.29) is 37.8 Å². The number of carbonyl (C=O) groups is 2. The third-order valence-corrected chi connectivity index (χ3v) is 3.43. The van der Waals surface area contributed by atoms with E-state index >= 15 is 0 Å². The number of likely N-dealkylation sites (tertiary alicyclic amines) is 1. The summed E-state index contributed by atoms with van der Waals surface area (Å²) >= 11 is 0. The van der Waals surface area contributed by atoms with Gasteiger partial charge >= 0.3 is 12.1 Å². The molecule has 22 heavy (non-hydrogen) atoms. The highest BCUT2D eigenvalue weighted by molar-refractivity contribution is 5.83. The van der Waals surface area contributed by atoms with Crippen LogP contribution in [-0.4, -0.2) is 63.1 Å². The maximum Gasteiger partial charge on any atom is 0.471 e. The van der Waals surface area contributed by atoms with Gasteiger partial charge in [0.2, 0.25) is 5.91 Å². The number of alkyl halides is 3. The van der Waals surface area contributed by atoms with Crippen molar-refractivity contribution in [1.29, 1.82) is 0 Å². The fraction of sp³-hybridized carbons (Fsp3) is 0.727. The average molecular weight is 320 g/mol. The molecule has 1 fully saturated rings. The van der Waals surface area contributed by atoms with Crippen molar-refractivity contribution in [3.05, 3.63) is 5.82 Å². The van der Waals surface area contributed by atoms with Gasteiger partial charge in [-0.1, -0.05) is 5.21 Å². The van der Waals surface area contributed by atoms with E-state index in [0.717, 1.165) is 4.90 Å². The fourth-order valence-electron chi connectivity index (χ4n) is 2.25. The highest BCUT2D eigenvalue weighted by Crippen LogP contribution is 2.23. The van der Waals surface area contributed by atoms with Crippen molar-refractivity contribution in [2.24, 2.45) is 5.92 Å². The zero-order valence-corrected chi connectivity index (χ0v) is 11.6. The predicted octanol–water partition coefficient (Wildman–Crippen LogP) is -0.341. The molecule has 0 unspecified atom stereocenters. The molecule has 0 saturated carbocycles. The Morgan fingerprint density at radius 2 is 2.00 bits per heavy atom. The molecule has 0 atom stereocenters. The molecule has 2 N–H and O–H groups in total. The molecular weight excluding hydrogens is 305 g/mol. The van der Waals surface area contributed by atoms with Crippen molar-refractivity contribution >= 4 is 11.8 Å². The molecule has 0 aliphatic carbocycles. The second-order valence-electron chi connectivity index (χ2n) is 4.93. The number of carbonyl (C=O) groups excluding carboxylic acids is 2. The minimum absolute atomic E-state index is 0.0682. The zero-order valence-electron chi connectivity index (χ0n) is 11.6. The molecule has 0 bridgehead atoms. The molecule has 2 heterocycles. The molecule has 1 aliphatic heterocycles. The van der Waals surface area contributed by atoms with Gasteiger partial charge in [0.25, 0.3) is 0 Å². The van der Waals surface area contributed by atoms with Gasteiger partial charge in [-0.05, 0) is 12.8 Å². The number of aromatic amines is 1. The van der Waals surface area contributed by atoms with Gasteiger partial charge in [0.1, 0.15) is 0 Å². The lowest BCUT2D eigenvalue weighted by Gasteiger charge is -2.31. The summed E-state index contributed by atoms with van der Waals surface area (Å²) in [6.45, 7) is 0.183. The van der Waals surface area contributed by atoms with E-state index in [1.165, 1.54) is 0 Å². The molecule has 0 aromatic carbocycles. The fourth-order valence-corrected chi connectivity index (χ4v) is 2.25. The number of halogens is 3. The van der Waals surface area contributed by atoms with E-state index in [2.05, 4.69) is 25.9 Å². The number of rotatable bonds is 4. The minimum Gasteiger partial charge on any atom is -0.355 e. The van der Waals surface area contributed by atoms with Crippen LogP contribution in [0.2, 0.25) is 0 Å². The lowest BCUT2D eigenvalue weighted by Crippen LogP contribution is -2.47. The Morgan fingerprint density at radius 3 is 2.55 bits per heavy atom. The number of hydrogen-bond donors (Lipinski definition) is 2. The van der Waals surface area contributed by atoms with Gasteiger partial charge in [0.15, 0.2) is 5.82 Å². The summed E-state index contributed by atoms with van der Waals surface area (Å²) in [5, 5.41) is 15.8. The largest absolute Gasteiger partial charge is 0.471 e. The Hall–Kier alpha value is -2.20. The maximum atomic E-state index is 12.3. The molecule has 1 saturated heterocycles. The number of aromatic nitrogens is 4. The number of nitrogens with zero attached hydrogens (tertiary/aromatic N) is 4. The van der Waals surface area contributed by atoms with Gasteiger partial charge < -0.3 is 10.2 Å². The molecule has 122 valence electrons. The first-order chi connectivity index (χ1) is 10.4. The minimum atomic E-state index is -4.86. The lowest BCUT2D eigenvalue weighted by molar-refractivity contribution is -0.186. The second kappa shape index (κ2) is 6.71. The van der Waals surface area contributed by atoms with E-state index in [4.69, 9.17) is 0 Å². The van der Waals surface area contributed by atoms with Crippen LogP contribution in [0.3, 0.4) is 0 Å². The van der Waals surface area contributed by atoms with Crippen LogP contribution < -0.4 is 5.32 Å². The normalized spacial score (nSPS) is 16.6. The molecule has 2 rings (SSSR count). The molecular formula is C11H15F3N6O2.